The molecule has 1 heterocycles. The molecule has 0 spiro atoms. The van der Waals surface area contributed by atoms with Crippen molar-refractivity contribution in [1.29, 1.82) is 0 Å². The van der Waals surface area contributed by atoms with Crippen LogP contribution in [0.2, 0.25) is 0 Å². The highest BCUT2D eigenvalue weighted by atomic mass is 16.1. The van der Waals surface area contributed by atoms with Gasteiger partial charge in [0.2, 0.25) is 5.91 Å². The van der Waals surface area contributed by atoms with E-state index in [1.54, 1.807) is 0 Å². The van der Waals surface area contributed by atoms with Crippen LogP contribution in [0.4, 0.5) is 0 Å². The van der Waals surface area contributed by atoms with E-state index in [1.807, 2.05) is 0 Å². The van der Waals surface area contributed by atoms with Crippen molar-refractivity contribution >= 4 is 5.91 Å². The van der Waals surface area contributed by atoms with Gasteiger partial charge in [-0.15, -0.1) is 0 Å². The minimum atomic E-state index is 0.277. The first-order valence-corrected chi connectivity index (χ1v) is 7.76. The quantitative estimate of drug-likeness (QED) is 0.807. The summed E-state index contributed by atoms with van der Waals surface area (Å²) in [6.07, 6.45) is 9.40. The summed E-state index contributed by atoms with van der Waals surface area (Å²) in [4.78, 5) is 12.0. The average Bonchev–Trinajstić information content (AvgIpc) is 2.40. The van der Waals surface area contributed by atoms with Gasteiger partial charge in [0.1, 0.15) is 0 Å². The molecule has 18 heavy (non-hydrogen) atoms. The predicted molar refractivity (Wildman–Crippen MR) is 74.4 cm³/mol. The van der Waals surface area contributed by atoms with E-state index in [4.69, 9.17) is 0 Å². The molecule has 1 saturated heterocycles. The predicted octanol–water partition coefficient (Wildman–Crippen LogP) is 2.46. The maximum Gasteiger partial charge on any atom is 0.220 e. The Kier molecular flexibility index (Phi) is 5.48. The molecule has 2 N–H and O–H groups in total. The Labute approximate surface area is 111 Å². The van der Waals surface area contributed by atoms with Crippen LogP contribution >= 0.6 is 0 Å². The van der Waals surface area contributed by atoms with E-state index in [1.165, 1.54) is 38.5 Å². The van der Waals surface area contributed by atoms with E-state index in [-0.39, 0.29) is 5.91 Å². The molecule has 1 aliphatic carbocycles. The molecule has 2 aliphatic rings. The lowest BCUT2D eigenvalue weighted by Gasteiger charge is -2.30. The molecule has 1 aliphatic heterocycles. The van der Waals surface area contributed by atoms with Gasteiger partial charge in [-0.25, -0.2) is 0 Å². The van der Waals surface area contributed by atoms with Crippen LogP contribution in [0.15, 0.2) is 0 Å². The van der Waals surface area contributed by atoms with Crippen LogP contribution in [0.25, 0.3) is 0 Å². The summed E-state index contributed by atoms with van der Waals surface area (Å²) < 4.78 is 0. The Hall–Kier alpha value is -0.570. The van der Waals surface area contributed by atoms with Crippen LogP contribution in [-0.2, 0) is 4.79 Å². The van der Waals surface area contributed by atoms with Crippen molar-refractivity contribution in [2.75, 3.05) is 13.1 Å². The van der Waals surface area contributed by atoms with Crippen LogP contribution < -0.4 is 10.6 Å². The Balaban J connectivity index is 1.64. The van der Waals surface area contributed by atoms with Crippen LogP contribution in [0, 0.1) is 11.8 Å². The maximum absolute atomic E-state index is 12.0. The number of amides is 1. The molecule has 104 valence electrons. The molecule has 3 heteroatoms. The smallest absolute Gasteiger partial charge is 0.220 e. The highest BCUT2D eigenvalue weighted by Crippen LogP contribution is 2.24. The van der Waals surface area contributed by atoms with Gasteiger partial charge in [-0.05, 0) is 57.0 Å². The van der Waals surface area contributed by atoms with Crippen LogP contribution in [0.5, 0.6) is 0 Å². The molecule has 0 radical (unpaired) electrons. The van der Waals surface area contributed by atoms with Gasteiger partial charge in [0, 0.05) is 12.5 Å². The third kappa shape index (κ3) is 4.27. The van der Waals surface area contributed by atoms with Gasteiger partial charge >= 0.3 is 0 Å². The summed E-state index contributed by atoms with van der Waals surface area (Å²) in [7, 11) is 0. The van der Waals surface area contributed by atoms with E-state index in [2.05, 4.69) is 17.6 Å². The molecule has 2 fully saturated rings. The van der Waals surface area contributed by atoms with Gasteiger partial charge in [-0.1, -0.05) is 19.8 Å². The lowest BCUT2D eigenvalue weighted by Crippen LogP contribution is -2.41. The zero-order valence-electron chi connectivity index (χ0n) is 11.7. The van der Waals surface area contributed by atoms with Gasteiger partial charge in [0.15, 0.2) is 0 Å². The van der Waals surface area contributed by atoms with Crippen molar-refractivity contribution in [1.82, 2.24) is 10.6 Å². The molecule has 0 aromatic carbocycles. The first-order chi connectivity index (χ1) is 8.75. The Morgan fingerprint density at radius 1 is 1.22 bits per heavy atom. The number of carbonyl (C=O) groups excluding carboxylic acids is 1. The van der Waals surface area contributed by atoms with Crippen LogP contribution in [0.1, 0.15) is 58.3 Å². The third-order valence-electron chi connectivity index (χ3n) is 4.64. The van der Waals surface area contributed by atoms with E-state index >= 15 is 0 Å². The first kappa shape index (κ1) is 13.9. The first-order valence-electron chi connectivity index (χ1n) is 7.76. The molecular weight excluding hydrogens is 224 g/mol. The largest absolute Gasteiger partial charge is 0.353 e. The highest BCUT2D eigenvalue weighted by Gasteiger charge is 2.23. The Morgan fingerprint density at radius 3 is 2.78 bits per heavy atom. The molecule has 1 amide bonds. The summed E-state index contributed by atoms with van der Waals surface area (Å²) in [6.45, 7) is 4.53. The molecule has 2 rings (SSSR count). The van der Waals surface area contributed by atoms with Crippen molar-refractivity contribution in [2.24, 2.45) is 11.8 Å². The lowest BCUT2D eigenvalue weighted by atomic mass is 9.86. The molecule has 0 aromatic heterocycles. The van der Waals surface area contributed by atoms with Gasteiger partial charge in [0.25, 0.3) is 0 Å². The summed E-state index contributed by atoms with van der Waals surface area (Å²) in [5, 5.41) is 6.66. The van der Waals surface area contributed by atoms with E-state index in [0.717, 1.165) is 25.9 Å². The summed E-state index contributed by atoms with van der Waals surface area (Å²) in [5.41, 5.74) is 0. The molecule has 3 unspecified atom stereocenters. The summed E-state index contributed by atoms with van der Waals surface area (Å²) in [6, 6.07) is 0.440. The van der Waals surface area contributed by atoms with Gasteiger partial charge < -0.3 is 10.6 Å². The zero-order valence-corrected chi connectivity index (χ0v) is 11.7. The third-order valence-corrected chi connectivity index (χ3v) is 4.64. The van der Waals surface area contributed by atoms with Crippen molar-refractivity contribution in [3.05, 3.63) is 0 Å². The van der Waals surface area contributed by atoms with E-state index < -0.39 is 0 Å². The molecule has 3 atom stereocenters. The average molecular weight is 252 g/mol. The molecule has 3 nitrogen and oxygen atoms in total. The van der Waals surface area contributed by atoms with Gasteiger partial charge in [-0.3, -0.25) is 4.79 Å². The monoisotopic (exact) mass is 252 g/mol. The fourth-order valence-corrected chi connectivity index (χ4v) is 3.32. The second-order valence-corrected chi connectivity index (χ2v) is 6.19. The number of hydrogen-bond donors (Lipinski definition) is 2. The summed E-state index contributed by atoms with van der Waals surface area (Å²) >= 11 is 0. The van der Waals surface area contributed by atoms with Crippen molar-refractivity contribution < 1.29 is 4.79 Å². The van der Waals surface area contributed by atoms with Crippen molar-refractivity contribution in [2.45, 2.75) is 64.3 Å². The normalized spacial score (nSPS) is 33.1. The number of nitrogens with one attached hydrogen (secondary N) is 2. The lowest BCUT2D eigenvalue weighted by molar-refractivity contribution is -0.122. The van der Waals surface area contributed by atoms with Crippen LogP contribution in [-0.4, -0.2) is 25.0 Å². The van der Waals surface area contributed by atoms with E-state index in [0.29, 0.717) is 17.9 Å². The molecule has 0 bridgehead atoms. The standard InChI is InChI=1S/C15H28N2O/c1-12-5-2-3-7-14(12)17-15(18)9-8-13-6-4-10-16-11-13/h12-14,16H,2-11H2,1H3,(H,17,18). The summed E-state index contributed by atoms with van der Waals surface area (Å²) in [5.74, 6) is 1.66. The van der Waals surface area contributed by atoms with Crippen molar-refractivity contribution in [3.8, 4) is 0 Å². The maximum atomic E-state index is 12.0. The number of carbonyl (C=O) groups is 1. The molecular formula is C15H28N2O. The zero-order chi connectivity index (χ0) is 12.8. The number of piperidine rings is 1. The molecule has 0 aromatic rings. The van der Waals surface area contributed by atoms with Gasteiger partial charge in [0.05, 0.1) is 0 Å². The highest BCUT2D eigenvalue weighted by molar-refractivity contribution is 5.76. The minimum absolute atomic E-state index is 0.277. The molecule has 1 saturated carbocycles. The second-order valence-electron chi connectivity index (χ2n) is 6.19. The fourth-order valence-electron chi connectivity index (χ4n) is 3.32. The van der Waals surface area contributed by atoms with E-state index in [9.17, 15) is 4.79 Å². The van der Waals surface area contributed by atoms with Crippen LogP contribution in [0.3, 0.4) is 0 Å². The Morgan fingerprint density at radius 2 is 2.06 bits per heavy atom. The Bertz CT molecular complexity index is 261. The topological polar surface area (TPSA) is 41.1 Å². The minimum Gasteiger partial charge on any atom is -0.353 e. The van der Waals surface area contributed by atoms with Crippen molar-refractivity contribution in [3.63, 3.8) is 0 Å². The number of rotatable bonds is 4. The SMILES string of the molecule is CC1CCCCC1NC(=O)CCC1CCCNC1. The van der Waals surface area contributed by atoms with Gasteiger partial charge in [-0.2, -0.15) is 0 Å². The number of hydrogen-bond acceptors (Lipinski definition) is 2. The fraction of sp³-hybridized carbons (Fsp3) is 0.933. The second kappa shape index (κ2) is 7.13.